The van der Waals surface area contributed by atoms with Crippen molar-refractivity contribution >= 4 is 12.0 Å². The Bertz CT molecular complexity index is 366. The highest BCUT2D eigenvalue weighted by Gasteiger charge is 2.41. The maximum absolute atomic E-state index is 12.7. The molecule has 2 amide bonds. The predicted octanol–water partition coefficient (Wildman–Crippen LogP) is 1.78. The molecule has 1 aliphatic rings. The Morgan fingerprint density at radius 2 is 2.05 bits per heavy atom. The van der Waals surface area contributed by atoms with Crippen molar-refractivity contribution in [2.24, 2.45) is 5.92 Å². The van der Waals surface area contributed by atoms with E-state index in [9.17, 15) is 27.2 Å². The van der Waals surface area contributed by atoms with Crippen molar-refractivity contribution in [3.05, 3.63) is 0 Å². The fraction of sp³-hybridized carbons (Fsp3) is 0.818. The van der Waals surface area contributed by atoms with Gasteiger partial charge in [-0.3, -0.25) is 4.79 Å². The Labute approximate surface area is 112 Å². The number of urea groups is 1. The molecule has 1 unspecified atom stereocenters. The predicted molar refractivity (Wildman–Crippen MR) is 60.9 cm³/mol. The third-order valence-corrected chi connectivity index (χ3v) is 3.06. The van der Waals surface area contributed by atoms with Gasteiger partial charge in [0.15, 0.2) is 0 Å². The number of carbonyl (C=O) groups is 2. The Kier molecular flexibility index (Phi) is 5.58. The summed E-state index contributed by atoms with van der Waals surface area (Å²) in [5.41, 5.74) is 0. The zero-order valence-electron chi connectivity index (χ0n) is 10.6. The van der Waals surface area contributed by atoms with Crippen LogP contribution in [0.15, 0.2) is 0 Å². The lowest BCUT2D eigenvalue weighted by atomic mass is 9.95. The number of halogens is 4. The summed E-state index contributed by atoms with van der Waals surface area (Å²) in [7, 11) is 0. The van der Waals surface area contributed by atoms with E-state index in [1.807, 2.05) is 0 Å². The van der Waals surface area contributed by atoms with Crippen molar-refractivity contribution in [1.29, 1.82) is 0 Å². The molecule has 0 aromatic heterocycles. The number of carboxylic acid groups (broad SMARTS) is 1. The molecule has 20 heavy (non-hydrogen) atoms. The maximum atomic E-state index is 12.7. The Hall–Kier alpha value is -1.54. The van der Waals surface area contributed by atoms with E-state index in [0.29, 0.717) is 19.4 Å². The molecule has 0 aliphatic carbocycles. The normalized spacial score (nSPS) is 20.1. The average Bonchev–Trinajstić information content (AvgIpc) is 2.35. The van der Waals surface area contributed by atoms with Crippen LogP contribution in [0.1, 0.15) is 19.3 Å². The molecule has 2 N–H and O–H groups in total. The van der Waals surface area contributed by atoms with Crippen LogP contribution < -0.4 is 5.32 Å². The van der Waals surface area contributed by atoms with Gasteiger partial charge in [0.2, 0.25) is 0 Å². The van der Waals surface area contributed by atoms with Crippen molar-refractivity contribution in [3.8, 4) is 0 Å². The molecule has 1 aliphatic heterocycles. The van der Waals surface area contributed by atoms with Gasteiger partial charge in [-0.05, 0) is 18.8 Å². The number of alkyl halides is 4. The molecular weight excluding hydrogens is 284 g/mol. The van der Waals surface area contributed by atoms with Crippen LogP contribution >= 0.6 is 0 Å². The lowest BCUT2D eigenvalue weighted by Crippen LogP contribution is -2.50. The third-order valence-electron chi connectivity index (χ3n) is 3.06. The number of aliphatic carboxylic acids is 1. The minimum atomic E-state index is -4.27. The van der Waals surface area contributed by atoms with Gasteiger partial charge in [-0.25, -0.2) is 13.6 Å². The number of nitrogens with one attached hydrogen (secondary N) is 1. The van der Waals surface area contributed by atoms with Gasteiger partial charge in [-0.1, -0.05) is 0 Å². The fourth-order valence-corrected chi connectivity index (χ4v) is 2.05. The van der Waals surface area contributed by atoms with E-state index in [-0.39, 0.29) is 18.9 Å². The zero-order chi connectivity index (χ0) is 15.3. The summed E-state index contributed by atoms with van der Waals surface area (Å²) < 4.78 is 49.2. The summed E-state index contributed by atoms with van der Waals surface area (Å²) >= 11 is 0. The van der Waals surface area contributed by atoms with Crippen molar-refractivity contribution < 1.29 is 32.3 Å². The Balaban J connectivity index is 2.45. The van der Waals surface area contributed by atoms with E-state index in [4.69, 9.17) is 5.11 Å². The third kappa shape index (κ3) is 4.86. The number of hydrogen-bond donors (Lipinski definition) is 2. The molecule has 0 aromatic rings. The second-order valence-electron chi connectivity index (χ2n) is 4.77. The number of rotatable bonds is 5. The lowest BCUT2D eigenvalue weighted by molar-refractivity contribution is -0.138. The summed E-state index contributed by atoms with van der Waals surface area (Å²) in [6.45, 7) is -1.02. The van der Waals surface area contributed by atoms with Crippen LogP contribution in [-0.2, 0) is 4.79 Å². The highest BCUT2D eigenvalue weighted by atomic mass is 19.3. The molecule has 0 radical (unpaired) electrons. The minimum Gasteiger partial charge on any atom is -0.481 e. The van der Waals surface area contributed by atoms with E-state index in [0.717, 1.165) is 0 Å². The molecule has 1 fully saturated rings. The summed E-state index contributed by atoms with van der Waals surface area (Å²) in [5, 5.41) is 10.4. The molecule has 116 valence electrons. The number of hydrogen-bond acceptors (Lipinski definition) is 2. The first-order chi connectivity index (χ1) is 9.22. The number of piperidine rings is 1. The minimum absolute atomic E-state index is 0.114. The highest BCUT2D eigenvalue weighted by molar-refractivity contribution is 5.74. The molecule has 1 heterocycles. The summed E-state index contributed by atoms with van der Waals surface area (Å²) in [5.74, 6) is -5.52. The second-order valence-corrected chi connectivity index (χ2v) is 4.77. The molecule has 5 nitrogen and oxygen atoms in total. The average molecular weight is 300 g/mol. The molecule has 9 heteroatoms. The van der Waals surface area contributed by atoms with Crippen LogP contribution in [0.3, 0.4) is 0 Å². The monoisotopic (exact) mass is 300 g/mol. The number of carboxylic acids is 1. The molecule has 0 spiro atoms. The quantitative estimate of drug-likeness (QED) is 0.760. The van der Waals surface area contributed by atoms with Gasteiger partial charge in [0.05, 0.1) is 6.54 Å². The largest absolute Gasteiger partial charge is 0.481 e. The van der Waals surface area contributed by atoms with Crippen LogP contribution in [0.2, 0.25) is 0 Å². The van der Waals surface area contributed by atoms with Crippen molar-refractivity contribution in [2.75, 3.05) is 19.6 Å². The summed E-state index contributed by atoms with van der Waals surface area (Å²) in [4.78, 5) is 23.3. The molecule has 0 aromatic carbocycles. The van der Waals surface area contributed by atoms with Gasteiger partial charge < -0.3 is 15.3 Å². The van der Waals surface area contributed by atoms with Crippen LogP contribution in [0.25, 0.3) is 0 Å². The first-order valence-electron chi connectivity index (χ1n) is 6.13. The van der Waals surface area contributed by atoms with E-state index in [1.165, 1.54) is 4.90 Å². The summed E-state index contributed by atoms with van der Waals surface area (Å²) in [6.07, 6.45) is -2.78. The van der Waals surface area contributed by atoms with Gasteiger partial charge in [0.25, 0.3) is 0 Å². The Morgan fingerprint density at radius 1 is 1.40 bits per heavy atom. The van der Waals surface area contributed by atoms with E-state index >= 15 is 0 Å². The van der Waals surface area contributed by atoms with E-state index in [1.54, 1.807) is 5.32 Å². The van der Waals surface area contributed by atoms with Crippen LogP contribution in [0.4, 0.5) is 22.4 Å². The smallest absolute Gasteiger partial charge is 0.324 e. The van der Waals surface area contributed by atoms with E-state index in [2.05, 4.69) is 0 Å². The fourth-order valence-electron chi connectivity index (χ4n) is 2.05. The van der Waals surface area contributed by atoms with Gasteiger partial charge >= 0.3 is 24.3 Å². The molecule has 1 rings (SSSR count). The van der Waals surface area contributed by atoms with Gasteiger partial charge in [0.1, 0.15) is 0 Å². The van der Waals surface area contributed by atoms with Crippen molar-refractivity contribution in [1.82, 2.24) is 10.2 Å². The summed E-state index contributed by atoms with van der Waals surface area (Å²) in [6, 6.07) is -0.875. The Morgan fingerprint density at radius 3 is 2.60 bits per heavy atom. The zero-order valence-corrected chi connectivity index (χ0v) is 10.6. The van der Waals surface area contributed by atoms with Crippen molar-refractivity contribution in [3.63, 3.8) is 0 Å². The number of likely N-dealkylation sites (tertiary alicyclic amines) is 1. The van der Waals surface area contributed by atoms with E-state index < -0.39 is 30.9 Å². The van der Waals surface area contributed by atoms with Crippen molar-refractivity contribution in [2.45, 2.75) is 31.6 Å². The van der Waals surface area contributed by atoms with Gasteiger partial charge in [0, 0.05) is 19.5 Å². The van der Waals surface area contributed by atoms with Crippen LogP contribution in [-0.4, -0.2) is 54.0 Å². The molecule has 0 saturated carbocycles. The number of nitrogens with zero attached hydrogens (tertiary/aromatic N) is 1. The van der Waals surface area contributed by atoms with Gasteiger partial charge in [-0.2, -0.15) is 8.78 Å². The van der Waals surface area contributed by atoms with Crippen LogP contribution in [0.5, 0.6) is 0 Å². The first-order valence-corrected chi connectivity index (χ1v) is 6.13. The molecule has 0 bridgehead atoms. The maximum Gasteiger partial charge on any atom is 0.324 e. The highest BCUT2D eigenvalue weighted by Crippen LogP contribution is 2.22. The number of amides is 2. The molecule has 1 saturated heterocycles. The van der Waals surface area contributed by atoms with Gasteiger partial charge in [-0.15, -0.1) is 0 Å². The van der Waals surface area contributed by atoms with Crippen LogP contribution in [0, 0.1) is 5.92 Å². The first kappa shape index (κ1) is 16.5. The molecular formula is C11H16F4N2O3. The SMILES string of the molecule is O=C(O)CC1CCCN(C(=O)NCC(F)(F)C(F)F)C1. The topological polar surface area (TPSA) is 69.6 Å². The second kappa shape index (κ2) is 6.76. The molecule has 1 atom stereocenters. The lowest BCUT2D eigenvalue weighted by Gasteiger charge is -2.32. The standard InChI is InChI=1S/C11H16F4N2O3/c12-9(13)11(14,15)6-16-10(20)17-3-1-2-7(5-17)4-8(18)19/h7,9H,1-6H2,(H,16,20)(H,18,19). The number of carbonyl (C=O) groups excluding carboxylic acids is 1.